The number of nitrogens with two attached hydrogens (primary N) is 1. The number of nitrogens with one attached hydrogen (secondary N) is 1. The van der Waals surface area contributed by atoms with E-state index in [1.54, 1.807) is 14.0 Å². The van der Waals surface area contributed by atoms with Gasteiger partial charge in [0.05, 0.1) is 6.42 Å². The summed E-state index contributed by atoms with van der Waals surface area (Å²) in [5, 5.41) is 2.82. The molecular weight excluding hydrogens is 272 g/mol. The third-order valence-corrected chi connectivity index (χ3v) is 2.40. The number of esters is 1. The van der Waals surface area contributed by atoms with E-state index >= 15 is 0 Å². The highest BCUT2D eigenvalue weighted by Gasteiger charge is 2.06. The molecule has 0 heterocycles. The Balaban J connectivity index is -0.000000339. The Bertz CT molecular complexity index is 228. The van der Waals surface area contributed by atoms with E-state index in [1.807, 2.05) is 20.8 Å². The molecule has 0 rings (SSSR count). The largest absolute Gasteiger partial charge is 0.462 e. The molecule has 0 aromatic rings. The van der Waals surface area contributed by atoms with Crippen LogP contribution in [0.1, 0.15) is 48.0 Å². The summed E-state index contributed by atoms with van der Waals surface area (Å²) in [6.07, 6.45) is -0.0550. The third-order valence-electron chi connectivity index (χ3n) is 2.40. The van der Waals surface area contributed by atoms with Crippen LogP contribution in [-0.2, 0) is 19.1 Å². The quantitative estimate of drug-likeness (QED) is 0.524. The predicted molar refractivity (Wildman–Crippen MR) is 85.9 cm³/mol. The van der Waals surface area contributed by atoms with E-state index in [1.165, 1.54) is 0 Å². The van der Waals surface area contributed by atoms with E-state index in [-0.39, 0.29) is 18.7 Å². The molecule has 2 atom stereocenters. The first-order chi connectivity index (χ1) is 9.84. The van der Waals surface area contributed by atoms with Crippen molar-refractivity contribution in [1.82, 2.24) is 5.32 Å². The van der Waals surface area contributed by atoms with Gasteiger partial charge in [-0.05, 0) is 26.8 Å². The van der Waals surface area contributed by atoms with E-state index in [9.17, 15) is 9.59 Å². The topological polar surface area (TPSA) is 90.7 Å². The van der Waals surface area contributed by atoms with E-state index in [4.69, 9.17) is 10.5 Å². The maximum absolute atomic E-state index is 10.9. The molecule has 0 aromatic carbocycles. The van der Waals surface area contributed by atoms with Gasteiger partial charge in [0.2, 0.25) is 0 Å². The Morgan fingerprint density at radius 1 is 1.24 bits per heavy atom. The molecule has 0 aliphatic carbocycles. The summed E-state index contributed by atoms with van der Waals surface area (Å²) in [6, 6.07) is 0.352. The zero-order valence-corrected chi connectivity index (χ0v) is 14.6. The van der Waals surface area contributed by atoms with Crippen molar-refractivity contribution in [3.8, 4) is 0 Å². The second-order valence-electron chi connectivity index (χ2n) is 4.68. The lowest BCUT2D eigenvalue weighted by atomic mass is 10.1. The Kier molecular flexibility index (Phi) is 22.3. The van der Waals surface area contributed by atoms with Gasteiger partial charge in [0.15, 0.2) is 0 Å². The maximum atomic E-state index is 10.9. The van der Waals surface area contributed by atoms with Gasteiger partial charge in [0, 0.05) is 12.6 Å². The van der Waals surface area contributed by atoms with Gasteiger partial charge in [-0.15, -0.1) is 0 Å². The van der Waals surface area contributed by atoms with Gasteiger partial charge in [-0.1, -0.05) is 27.7 Å². The van der Waals surface area contributed by atoms with Crippen LogP contribution in [0.4, 0.5) is 0 Å². The predicted octanol–water partition coefficient (Wildman–Crippen LogP) is 1.72. The molecule has 21 heavy (non-hydrogen) atoms. The van der Waals surface area contributed by atoms with Crippen molar-refractivity contribution in [1.29, 1.82) is 0 Å². The molecular formula is C15H34N2O4. The normalized spacial score (nSPS) is 12.0. The Labute approximate surface area is 129 Å². The van der Waals surface area contributed by atoms with Crippen LogP contribution in [0.5, 0.6) is 0 Å². The number of carbonyl (C=O) groups excluding carboxylic acids is 2. The van der Waals surface area contributed by atoms with Gasteiger partial charge in [-0.25, -0.2) is 0 Å². The van der Waals surface area contributed by atoms with Gasteiger partial charge in [0.1, 0.15) is 12.7 Å². The lowest BCUT2D eigenvalue weighted by Crippen LogP contribution is -2.21. The molecule has 3 N–H and O–H groups in total. The van der Waals surface area contributed by atoms with Crippen molar-refractivity contribution in [3.05, 3.63) is 0 Å². The maximum Gasteiger partial charge on any atom is 0.307 e. The standard InChI is InChI=1S/C8H15NO4.C5H13N.C2H6/c1-7(13-6-10)5-12-8(11)3-4-9-2;1-4(2)5(3)6;1-2/h6-7,9H,3-5H2,1-2H3;4-5H,6H2,1-3H3;1-2H3. The van der Waals surface area contributed by atoms with E-state index in [0.717, 1.165) is 0 Å². The molecule has 0 fully saturated rings. The highest BCUT2D eigenvalue weighted by Crippen LogP contribution is 1.93. The van der Waals surface area contributed by atoms with Crippen LogP contribution < -0.4 is 11.1 Å². The fourth-order valence-electron chi connectivity index (χ4n) is 0.644. The molecule has 128 valence electrons. The minimum absolute atomic E-state index is 0.112. The molecule has 0 aliphatic rings. The number of hydrogen-bond acceptors (Lipinski definition) is 6. The minimum atomic E-state index is -0.379. The number of rotatable bonds is 8. The second kappa shape index (κ2) is 18.9. The summed E-state index contributed by atoms with van der Waals surface area (Å²) < 4.78 is 9.32. The first-order valence-corrected chi connectivity index (χ1v) is 7.50. The fraction of sp³-hybridized carbons (Fsp3) is 0.867. The number of hydrogen-bond donors (Lipinski definition) is 2. The summed E-state index contributed by atoms with van der Waals surface area (Å²) in [5.41, 5.74) is 5.44. The molecule has 0 spiro atoms. The zero-order chi connectivity index (χ0) is 17.3. The monoisotopic (exact) mass is 306 g/mol. The highest BCUT2D eigenvalue weighted by atomic mass is 16.6. The first kappa shape index (κ1) is 24.9. The summed E-state index contributed by atoms with van der Waals surface area (Å²) in [6.45, 7) is 12.9. The second-order valence-corrected chi connectivity index (χ2v) is 4.68. The van der Waals surface area contributed by atoms with Crippen LogP contribution in [0.2, 0.25) is 0 Å². The molecule has 0 bridgehead atoms. The molecule has 0 amide bonds. The summed E-state index contributed by atoms with van der Waals surface area (Å²) in [4.78, 5) is 20.8. The molecule has 6 heteroatoms. The van der Waals surface area contributed by atoms with Crippen LogP contribution in [0.25, 0.3) is 0 Å². The van der Waals surface area contributed by atoms with Crippen LogP contribution in [-0.4, -0.2) is 44.8 Å². The van der Waals surface area contributed by atoms with Crippen molar-refractivity contribution < 1.29 is 19.1 Å². The van der Waals surface area contributed by atoms with Crippen LogP contribution >= 0.6 is 0 Å². The fourth-order valence-corrected chi connectivity index (χ4v) is 0.644. The van der Waals surface area contributed by atoms with Crippen molar-refractivity contribution >= 4 is 12.4 Å². The van der Waals surface area contributed by atoms with Crippen molar-refractivity contribution in [2.45, 2.75) is 60.1 Å². The first-order valence-electron chi connectivity index (χ1n) is 7.50. The summed E-state index contributed by atoms with van der Waals surface area (Å²) >= 11 is 0. The van der Waals surface area contributed by atoms with E-state index < -0.39 is 0 Å². The van der Waals surface area contributed by atoms with Gasteiger partial charge in [-0.3, -0.25) is 9.59 Å². The molecule has 0 aromatic heterocycles. The van der Waals surface area contributed by atoms with Crippen molar-refractivity contribution in [2.75, 3.05) is 20.2 Å². The molecule has 0 saturated carbocycles. The lowest BCUT2D eigenvalue weighted by Gasteiger charge is -2.09. The van der Waals surface area contributed by atoms with E-state index in [0.29, 0.717) is 31.4 Å². The highest BCUT2D eigenvalue weighted by molar-refractivity contribution is 5.69. The lowest BCUT2D eigenvalue weighted by molar-refractivity contribution is -0.150. The van der Waals surface area contributed by atoms with Crippen LogP contribution in [0.15, 0.2) is 0 Å². The van der Waals surface area contributed by atoms with Crippen molar-refractivity contribution in [2.24, 2.45) is 11.7 Å². The number of ether oxygens (including phenoxy) is 2. The summed E-state index contributed by atoms with van der Waals surface area (Å²) in [7, 11) is 1.76. The van der Waals surface area contributed by atoms with Gasteiger partial charge in [0.25, 0.3) is 6.47 Å². The SMILES string of the molecule is CC.CC(C)C(C)N.CNCCC(=O)OCC(C)OC=O. The van der Waals surface area contributed by atoms with E-state index in [2.05, 4.69) is 23.9 Å². The van der Waals surface area contributed by atoms with Crippen LogP contribution in [0.3, 0.4) is 0 Å². The van der Waals surface area contributed by atoms with Gasteiger partial charge < -0.3 is 20.5 Å². The molecule has 0 aliphatic heterocycles. The zero-order valence-electron chi connectivity index (χ0n) is 14.6. The number of carbonyl (C=O) groups is 2. The molecule has 2 unspecified atom stereocenters. The van der Waals surface area contributed by atoms with Gasteiger partial charge >= 0.3 is 5.97 Å². The van der Waals surface area contributed by atoms with Crippen molar-refractivity contribution in [3.63, 3.8) is 0 Å². The average molecular weight is 306 g/mol. The Morgan fingerprint density at radius 2 is 1.71 bits per heavy atom. The molecule has 0 radical (unpaired) electrons. The Morgan fingerprint density at radius 3 is 2.05 bits per heavy atom. The third kappa shape index (κ3) is 24.3. The molecule has 6 nitrogen and oxygen atoms in total. The Hall–Kier alpha value is -1.14. The average Bonchev–Trinajstić information content (AvgIpc) is 2.46. The smallest absolute Gasteiger partial charge is 0.307 e. The summed E-state index contributed by atoms with van der Waals surface area (Å²) in [5.74, 6) is 0.334. The van der Waals surface area contributed by atoms with Gasteiger partial charge in [-0.2, -0.15) is 0 Å². The molecule has 0 saturated heterocycles. The minimum Gasteiger partial charge on any atom is -0.462 e. The van der Waals surface area contributed by atoms with Crippen LogP contribution in [0, 0.1) is 5.92 Å².